The van der Waals surface area contributed by atoms with E-state index in [0.717, 1.165) is 16.9 Å². The predicted octanol–water partition coefficient (Wildman–Crippen LogP) is 2.48. The summed E-state index contributed by atoms with van der Waals surface area (Å²) in [5.41, 5.74) is 0.728. The van der Waals surface area contributed by atoms with Gasteiger partial charge in [-0.3, -0.25) is 0 Å². The van der Waals surface area contributed by atoms with Crippen LogP contribution in [0, 0.1) is 6.92 Å². The second kappa shape index (κ2) is 2.84. The molecule has 1 aromatic heterocycles. The minimum Gasteiger partial charge on any atom is -0.188 e. The normalized spacial score (nSPS) is 11.9. The van der Waals surface area contributed by atoms with Gasteiger partial charge in [0.2, 0.25) is 0 Å². The summed E-state index contributed by atoms with van der Waals surface area (Å²) < 4.78 is 33.2. The summed E-state index contributed by atoms with van der Waals surface area (Å²) in [7, 11) is -4.54. The van der Waals surface area contributed by atoms with Gasteiger partial charge in [0.15, 0.2) is 4.21 Å². The van der Waals surface area contributed by atoms with E-state index in [2.05, 4.69) is 15.9 Å². The number of hydrogen-bond acceptors (Lipinski definition) is 3. The molecule has 0 saturated carbocycles. The van der Waals surface area contributed by atoms with Crippen molar-refractivity contribution in [2.45, 2.75) is 11.1 Å². The highest BCUT2D eigenvalue weighted by Crippen LogP contribution is 2.32. The van der Waals surface area contributed by atoms with Crippen molar-refractivity contribution >= 4 is 37.5 Å². The molecule has 0 N–H and O–H groups in total. The lowest BCUT2D eigenvalue weighted by Crippen LogP contribution is -1.87. The van der Waals surface area contributed by atoms with Gasteiger partial charge in [-0.1, -0.05) is 3.89 Å². The molecule has 0 aromatic carbocycles. The Bertz CT molecular complexity index is 368. The third-order valence-corrected chi connectivity index (χ3v) is 5.06. The second-order valence-corrected chi connectivity index (χ2v) is 5.17. The van der Waals surface area contributed by atoms with Crippen LogP contribution in [-0.4, -0.2) is 8.42 Å². The standard InChI is InChI=1S/C5H4BrFO2S2/c1-3-2-10-5(4(3)6)11(7,8)9/h2H,1H3. The molecule has 2 nitrogen and oxygen atoms in total. The lowest BCUT2D eigenvalue weighted by atomic mass is 10.4. The van der Waals surface area contributed by atoms with Crippen LogP contribution in [0.4, 0.5) is 3.89 Å². The quantitative estimate of drug-likeness (QED) is 0.726. The Balaban J connectivity index is 3.38. The summed E-state index contributed by atoms with van der Waals surface area (Å²) in [6.45, 7) is 1.70. The highest BCUT2D eigenvalue weighted by molar-refractivity contribution is 9.10. The maximum atomic E-state index is 12.3. The Morgan fingerprint density at radius 2 is 2.18 bits per heavy atom. The Hall–Kier alpha value is 0.0600. The molecule has 1 heterocycles. The summed E-state index contributed by atoms with van der Waals surface area (Å²) in [4.78, 5) is 0. The lowest BCUT2D eigenvalue weighted by molar-refractivity contribution is 0.554. The zero-order chi connectivity index (χ0) is 8.65. The molecule has 0 aliphatic heterocycles. The number of rotatable bonds is 1. The molecular formula is C5H4BrFO2S2. The van der Waals surface area contributed by atoms with Gasteiger partial charge in [-0.25, -0.2) is 0 Å². The molecule has 0 atom stereocenters. The number of halogens is 2. The van der Waals surface area contributed by atoms with Crippen molar-refractivity contribution in [3.63, 3.8) is 0 Å². The summed E-state index contributed by atoms with van der Waals surface area (Å²) in [5.74, 6) is 0. The molecule has 1 aromatic rings. The lowest BCUT2D eigenvalue weighted by Gasteiger charge is -1.89. The van der Waals surface area contributed by atoms with Gasteiger partial charge in [0, 0.05) is 0 Å². The van der Waals surface area contributed by atoms with Crippen LogP contribution in [0.3, 0.4) is 0 Å². The minimum atomic E-state index is -4.54. The van der Waals surface area contributed by atoms with E-state index in [-0.39, 0.29) is 4.21 Å². The molecule has 0 bridgehead atoms. The zero-order valence-corrected chi connectivity index (χ0v) is 8.69. The van der Waals surface area contributed by atoms with E-state index in [0.29, 0.717) is 4.47 Å². The average molecular weight is 259 g/mol. The first kappa shape index (κ1) is 9.15. The Morgan fingerprint density at radius 1 is 1.64 bits per heavy atom. The van der Waals surface area contributed by atoms with Crippen LogP contribution >= 0.6 is 27.3 Å². The molecule has 11 heavy (non-hydrogen) atoms. The first-order valence-electron chi connectivity index (χ1n) is 2.61. The summed E-state index contributed by atoms with van der Waals surface area (Å²) in [6, 6.07) is 0. The van der Waals surface area contributed by atoms with Crippen LogP contribution in [0.1, 0.15) is 5.56 Å². The predicted molar refractivity (Wildman–Crippen MR) is 45.0 cm³/mol. The van der Waals surface area contributed by atoms with Crippen LogP contribution in [-0.2, 0) is 10.2 Å². The van der Waals surface area contributed by atoms with E-state index in [4.69, 9.17) is 0 Å². The Labute approximate surface area is 76.4 Å². The van der Waals surface area contributed by atoms with Crippen molar-refractivity contribution in [2.24, 2.45) is 0 Å². The smallest absolute Gasteiger partial charge is 0.188 e. The molecule has 0 fully saturated rings. The SMILES string of the molecule is Cc1csc(S(=O)(=O)F)c1Br. The van der Waals surface area contributed by atoms with Crippen molar-refractivity contribution in [1.29, 1.82) is 0 Å². The zero-order valence-electron chi connectivity index (χ0n) is 5.47. The van der Waals surface area contributed by atoms with Gasteiger partial charge in [0.25, 0.3) is 0 Å². The molecule has 0 spiro atoms. The van der Waals surface area contributed by atoms with E-state index < -0.39 is 10.2 Å². The molecule has 0 saturated heterocycles. The summed E-state index contributed by atoms with van der Waals surface area (Å²) in [6.07, 6.45) is 0. The molecule has 0 aliphatic carbocycles. The van der Waals surface area contributed by atoms with Crippen molar-refractivity contribution in [1.82, 2.24) is 0 Å². The summed E-state index contributed by atoms with van der Waals surface area (Å²) in [5, 5.41) is 1.58. The van der Waals surface area contributed by atoms with Crippen molar-refractivity contribution in [3.05, 3.63) is 15.4 Å². The number of aryl methyl sites for hydroxylation is 1. The minimum absolute atomic E-state index is 0.255. The maximum absolute atomic E-state index is 12.3. The van der Waals surface area contributed by atoms with E-state index in [1.165, 1.54) is 0 Å². The molecule has 0 aliphatic rings. The monoisotopic (exact) mass is 258 g/mol. The molecule has 0 amide bonds. The third-order valence-electron chi connectivity index (χ3n) is 1.09. The average Bonchev–Trinajstić information content (AvgIpc) is 2.11. The van der Waals surface area contributed by atoms with Crippen LogP contribution < -0.4 is 0 Å². The van der Waals surface area contributed by atoms with Gasteiger partial charge in [0.05, 0.1) is 4.47 Å². The Kier molecular flexibility index (Phi) is 2.36. The molecule has 1 rings (SSSR count). The molecule has 62 valence electrons. The van der Waals surface area contributed by atoms with E-state index >= 15 is 0 Å². The number of hydrogen-bond donors (Lipinski definition) is 0. The molecule has 6 heteroatoms. The molecule has 0 radical (unpaired) electrons. The second-order valence-electron chi connectivity index (χ2n) is 1.96. The largest absolute Gasteiger partial charge is 0.342 e. The van der Waals surface area contributed by atoms with E-state index in [1.807, 2.05) is 0 Å². The van der Waals surface area contributed by atoms with Gasteiger partial charge in [-0.05, 0) is 33.8 Å². The highest BCUT2D eigenvalue weighted by atomic mass is 79.9. The van der Waals surface area contributed by atoms with Crippen LogP contribution in [0.2, 0.25) is 0 Å². The first-order valence-corrected chi connectivity index (χ1v) is 5.67. The molecular weight excluding hydrogens is 255 g/mol. The van der Waals surface area contributed by atoms with Crippen molar-refractivity contribution in [3.8, 4) is 0 Å². The van der Waals surface area contributed by atoms with Gasteiger partial charge in [-0.2, -0.15) is 8.42 Å². The van der Waals surface area contributed by atoms with Gasteiger partial charge >= 0.3 is 10.2 Å². The summed E-state index contributed by atoms with van der Waals surface area (Å²) >= 11 is 3.85. The van der Waals surface area contributed by atoms with Gasteiger partial charge in [-0.15, -0.1) is 11.3 Å². The van der Waals surface area contributed by atoms with Crippen LogP contribution in [0.25, 0.3) is 0 Å². The fourth-order valence-corrected chi connectivity index (χ4v) is 3.34. The van der Waals surface area contributed by atoms with Crippen molar-refractivity contribution < 1.29 is 12.3 Å². The first-order chi connectivity index (χ1) is 4.93. The van der Waals surface area contributed by atoms with Crippen molar-refractivity contribution in [2.75, 3.05) is 0 Å². The van der Waals surface area contributed by atoms with Gasteiger partial charge in [0.1, 0.15) is 0 Å². The number of thiophene rings is 1. The van der Waals surface area contributed by atoms with Crippen LogP contribution in [0.5, 0.6) is 0 Å². The maximum Gasteiger partial charge on any atom is 0.342 e. The van der Waals surface area contributed by atoms with E-state index in [1.54, 1.807) is 12.3 Å². The fourth-order valence-electron chi connectivity index (χ4n) is 0.571. The topological polar surface area (TPSA) is 34.1 Å². The van der Waals surface area contributed by atoms with E-state index in [9.17, 15) is 12.3 Å². The van der Waals surface area contributed by atoms with Crippen LogP contribution in [0.15, 0.2) is 14.1 Å². The highest BCUT2D eigenvalue weighted by Gasteiger charge is 2.19. The molecule has 0 unspecified atom stereocenters. The third kappa shape index (κ3) is 1.80. The van der Waals surface area contributed by atoms with Gasteiger partial charge < -0.3 is 0 Å². The Morgan fingerprint density at radius 3 is 2.36 bits per heavy atom. The fraction of sp³-hybridized carbons (Fsp3) is 0.200.